The van der Waals surface area contributed by atoms with Gasteiger partial charge in [0.25, 0.3) is 0 Å². The van der Waals surface area contributed by atoms with Gasteiger partial charge in [0.15, 0.2) is 9.84 Å². The fourth-order valence-electron chi connectivity index (χ4n) is 4.88. The highest BCUT2D eigenvalue weighted by molar-refractivity contribution is 7.90. The lowest BCUT2D eigenvalue weighted by Gasteiger charge is -2.45. The number of nitrogens with one attached hydrogen (secondary N) is 1. The Morgan fingerprint density at radius 1 is 1.03 bits per heavy atom. The van der Waals surface area contributed by atoms with E-state index in [-0.39, 0.29) is 29.1 Å². The number of hydrogen-bond acceptors (Lipinski definition) is 7. The lowest BCUT2D eigenvalue weighted by Crippen LogP contribution is -2.62. The molecule has 184 valence electrons. The van der Waals surface area contributed by atoms with Crippen LogP contribution in [0.25, 0.3) is 0 Å². The standard InChI is InChI=1S/C24H34N6O3S/c1-18-15-29(23-25-13-22(14-26-23)34(3,32)33)16-19(2)30(18)24(31)27-21-9-11-28(12-10-21)17-20-7-5-4-6-8-20/h4-8,13-14,18-19,21H,9-12,15-17H2,1-3H3,(H,27,31)/t18-,19+. The molecule has 2 saturated heterocycles. The van der Waals surface area contributed by atoms with E-state index in [9.17, 15) is 13.2 Å². The molecule has 2 aromatic rings. The summed E-state index contributed by atoms with van der Waals surface area (Å²) in [7, 11) is -3.33. The minimum atomic E-state index is -3.33. The average Bonchev–Trinajstić information content (AvgIpc) is 2.80. The van der Waals surface area contributed by atoms with Crippen molar-refractivity contribution in [1.82, 2.24) is 25.1 Å². The van der Waals surface area contributed by atoms with Crippen molar-refractivity contribution in [2.45, 2.75) is 56.3 Å². The zero-order valence-electron chi connectivity index (χ0n) is 20.1. The Labute approximate surface area is 202 Å². The zero-order chi connectivity index (χ0) is 24.3. The van der Waals surface area contributed by atoms with E-state index in [1.54, 1.807) is 0 Å². The summed E-state index contributed by atoms with van der Waals surface area (Å²) in [5, 5.41) is 3.26. The summed E-state index contributed by atoms with van der Waals surface area (Å²) in [6, 6.07) is 10.6. The lowest BCUT2D eigenvalue weighted by atomic mass is 10.0. The molecule has 0 bridgehead atoms. The summed E-state index contributed by atoms with van der Waals surface area (Å²) in [6.07, 6.45) is 5.72. The van der Waals surface area contributed by atoms with Crippen LogP contribution in [0.3, 0.4) is 0 Å². The van der Waals surface area contributed by atoms with Crippen molar-refractivity contribution in [1.29, 1.82) is 0 Å². The smallest absolute Gasteiger partial charge is 0.318 e. The van der Waals surface area contributed by atoms with Crippen molar-refractivity contribution in [3.8, 4) is 0 Å². The van der Waals surface area contributed by atoms with Gasteiger partial charge in [0.2, 0.25) is 5.95 Å². The van der Waals surface area contributed by atoms with Gasteiger partial charge < -0.3 is 15.1 Å². The normalized spacial score (nSPS) is 22.6. The number of sulfone groups is 1. The number of anilines is 1. The molecule has 34 heavy (non-hydrogen) atoms. The summed E-state index contributed by atoms with van der Waals surface area (Å²) < 4.78 is 23.3. The molecule has 1 aromatic heterocycles. The number of likely N-dealkylation sites (tertiary alicyclic amines) is 1. The van der Waals surface area contributed by atoms with E-state index >= 15 is 0 Å². The molecule has 9 nitrogen and oxygen atoms in total. The van der Waals surface area contributed by atoms with Crippen LogP contribution in [-0.4, -0.2) is 84.8 Å². The van der Waals surface area contributed by atoms with Crippen LogP contribution in [-0.2, 0) is 16.4 Å². The Morgan fingerprint density at radius 2 is 1.62 bits per heavy atom. The predicted octanol–water partition coefficient (Wildman–Crippen LogP) is 2.15. The number of piperazine rings is 1. The highest BCUT2D eigenvalue weighted by Crippen LogP contribution is 2.21. The Kier molecular flexibility index (Phi) is 7.37. The molecule has 4 rings (SSSR count). The van der Waals surface area contributed by atoms with E-state index in [4.69, 9.17) is 0 Å². The number of urea groups is 1. The van der Waals surface area contributed by atoms with Crippen LogP contribution in [0.5, 0.6) is 0 Å². The van der Waals surface area contributed by atoms with Gasteiger partial charge in [-0.3, -0.25) is 4.90 Å². The van der Waals surface area contributed by atoms with Crippen LogP contribution < -0.4 is 10.2 Å². The molecule has 0 unspecified atom stereocenters. The molecule has 10 heteroatoms. The van der Waals surface area contributed by atoms with E-state index < -0.39 is 9.84 Å². The van der Waals surface area contributed by atoms with Gasteiger partial charge in [-0.25, -0.2) is 23.2 Å². The SMILES string of the molecule is C[C@@H]1CN(c2ncc(S(C)(=O)=O)cn2)C[C@H](C)N1C(=O)NC1CCN(Cc2ccccc2)CC1. The summed E-state index contributed by atoms with van der Waals surface area (Å²) >= 11 is 0. The molecule has 2 atom stereocenters. The number of nitrogens with zero attached hydrogens (tertiary/aromatic N) is 5. The molecule has 2 fully saturated rings. The second kappa shape index (κ2) is 10.3. The Balaban J connectivity index is 1.29. The Bertz CT molecular complexity index is 1060. The third-order valence-corrected chi connectivity index (χ3v) is 7.71. The number of aromatic nitrogens is 2. The molecular weight excluding hydrogens is 452 g/mol. The Hall–Kier alpha value is -2.72. The fourth-order valence-corrected chi connectivity index (χ4v) is 5.37. The van der Waals surface area contributed by atoms with Gasteiger partial charge in [-0.15, -0.1) is 0 Å². The van der Waals surface area contributed by atoms with Gasteiger partial charge in [-0.1, -0.05) is 30.3 Å². The van der Waals surface area contributed by atoms with Crippen LogP contribution in [0, 0.1) is 0 Å². The van der Waals surface area contributed by atoms with E-state index in [1.807, 2.05) is 29.7 Å². The molecule has 1 N–H and O–H groups in total. The lowest BCUT2D eigenvalue weighted by molar-refractivity contribution is 0.130. The van der Waals surface area contributed by atoms with Crippen molar-refractivity contribution < 1.29 is 13.2 Å². The molecule has 0 spiro atoms. The first-order chi connectivity index (χ1) is 16.2. The summed E-state index contributed by atoms with van der Waals surface area (Å²) in [4.78, 5) is 28.1. The fraction of sp³-hybridized carbons (Fsp3) is 0.542. The average molecular weight is 487 g/mol. The number of carbonyl (C=O) groups is 1. The molecule has 3 heterocycles. The molecule has 0 saturated carbocycles. The topological polar surface area (TPSA) is 98.7 Å². The van der Waals surface area contributed by atoms with Gasteiger partial charge in [-0.2, -0.15) is 0 Å². The molecular formula is C24H34N6O3S. The highest BCUT2D eigenvalue weighted by atomic mass is 32.2. The maximum atomic E-state index is 13.1. The van der Waals surface area contributed by atoms with Gasteiger partial charge in [0.1, 0.15) is 4.90 Å². The summed E-state index contributed by atoms with van der Waals surface area (Å²) in [6.45, 7) is 8.12. The number of piperidine rings is 1. The van der Waals surface area contributed by atoms with Gasteiger partial charge in [0.05, 0.1) is 12.4 Å². The van der Waals surface area contributed by atoms with E-state index in [2.05, 4.69) is 44.5 Å². The van der Waals surface area contributed by atoms with Gasteiger partial charge in [0, 0.05) is 57.1 Å². The zero-order valence-corrected chi connectivity index (χ0v) is 20.9. The van der Waals surface area contributed by atoms with Crippen molar-refractivity contribution in [3.63, 3.8) is 0 Å². The molecule has 0 radical (unpaired) electrons. The molecule has 1 aromatic carbocycles. The number of hydrogen-bond donors (Lipinski definition) is 1. The summed E-state index contributed by atoms with van der Waals surface area (Å²) in [5.41, 5.74) is 1.32. The quantitative estimate of drug-likeness (QED) is 0.691. The van der Waals surface area contributed by atoms with Gasteiger partial charge in [-0.05, 0) is 32.3 Å². The van der Waals surface area contributed by atoms with Crippen molar-refractivity contribution in [3.05, 3.63) is 48.3 Å². The minimum absolute atomic E-state index is 0.0190. The monoisotopic (exact) mass is 486 g/mol. The number of carbonyl (C=O) groups excluding carboxylic acids is 1. The maximum absolute atomic E-state index is 13.1. The maximum Gasteiger partial charge on any atom is 0.318 e. The van der Waals surface area contributed by atoms with Gasteiger partial charge >= 0.3 is 6.03 Å². The van der Waals surface area contributed by atoms with E-state index in [0.29, 0.717) is 19.0 Å². The molecule has 2 amide bonds. The van der Waals surface area contributed by atoms with E-state index in [1.165, 1.54) is 18.0 Å². The van der Waals surface area contributed by atoms with Crippen LogP contribution in [0.1, 0.15) is 32.3 Å². The Morgan fingerprint density at radius 3 is 2.18 bits per heavy atom. The minimum Gasteiger partial charge on any atom is -0.337 e. The first kappa shape index (κ1) is 24.4. The highest BCUT2D eigenvalue weighted by Gasteiger charge is 2.35. The molecule has 2 aliphatic rings. The second-order valence-corrected chi connectivity index (χ2v) is 11.5. The number of amides is 2. The second-order valence-electron chi connectivity index (χ2n) is 9.49. The molecule has 0 aliphatic carbocycles. The molecule has 2 aliphatic heterocycles. The van der Waals surface area contributed by atoms with Crippen LogP contribution in [0.15, 0.2) is 47.6 Å². The van der Waals surface area contributed by atoms with Crippen molar-refractivity contribution >= 4 is 21.8 Å². The third kappa shape index (κ3) is 5.85. The number of benzene rings is 1. The van der Waals surface area contributed by atoms with Crippen molar-refractivity contribution in [2.75, 3.05) is 37.3 Å². The van der Waals surface area contributed by atoms with Crippen LogP contribution >= 0.6 is 0 Å². The number of rotatable bonds is 5. The first-order valence-electron chi connectivity index (χ1n) is 11.8. The third-order valence-electron chi connectivity index (χ3n) is 6.64. The largest absolute Gasteiger partial charge is 0.337 e. The van der Waals surface area contributed by atoms with Crippen LogP contribution in [0.4, 0.5) is 10.7 Å². The predicted molar refractivity (Wildman–Crippen MR) is 131 cm³/mol. The van der Waals surface area contributed by atoms with Crippen LogP contribution in [0.2, 0.25) is 0 Å². The van der Waals surface area contributed by atoms with Crippen molar-refractivity contribution in [2.24, 2.45) is 0 Å². The first-order valence-corrected chi connectivity index (χ1v) is 13.7. The van der Waals surface area contributed by atoms with E-state index in [0.717, 1.165) is 38.7 Å². The summed E-state index contributed by atoms with van der Waals surface area (Å²) in [5.74, 6) is 0.483.